The molecule has 1 saturated heterocycles. The van der Waals surface area contributed by atoms with E-state index in [1.165, 1.54) is 6.07 Å². The molecule has 2 amide bonds. The summed E-state index contributed by atoms with van der Waals surface area (Å²) in [4.78, 5) is 57.3. The lowest BCUT2D eigenvalue weighted by molar-refractivity contribution is -0.130. The van der Waals surface area contributed by atoms with Gasteiger partial charge in [0.2, 0.25) is 11.8 Å². The van der Waals surface area contributed by atoms with E-state index in [-0.39, 0.29) is 23.6 Å². The number of phenolic OH excluding ortho intramolecular Hbond substituents is 1. The van der Waals surface area contributed by atoms with Crippen molar-refractivity contribution in [3.63, 3.8) is 0 Å². The number of nitrogens with two attached hydrogens (primary N) is 1. The maximum atomic E-state index is 12.1. The molecule has 0 aromatic heterocycles. The number of amides is 2. The first-order valence-electron chi connectivity index (χ1n) is 13.2. The Morgan fingerprint density at radius 1 is 1.05 bits per heavy atom. The van der Waals surface area contributed by atoms with Crippen molar-refractivity contribution in [1.29, 1.82) is 0 Å². The van der Waals surface area contributed by atoms with Gasteiger partial charge in [-0.15, -0.1) is 0 Å². The Morgan fingerprint density at radius 3 is 2.27 bits per heavy atom. The van der Waals surface area contributed by atoms with E-state index in [1.807, 2.05) is 31.2 Å². The van der Waals surface area contributed by atoms with Crippen LogP contribution in [0.4, 0.5) is 0 Å². The third-order valence-corrected chi connectivity index (χ3v) is 7.36. The molecule has 2 aromatic rings. The zero-order valence-corrected chi connectivity index (χ0v) is 23.1. The van der Waals surface area contributed by atoms with Gasteiger partial charge in [-0.05, 0) is 74.4 Å². The zero-order valence-electron chi connectivity index (χ0n) is 23.1. The summed E-state index contributed by atoms with van der Waals surface area (Å²) in [5, 5.41) is 32.4. The number of ether oxygens (including phenoxy) is 1. The Balaban J connectivity index is 1.71. The normalized spacial score (nSPS) is 22.5. The number of phenols is 1. The number of hydrogen-bond acceptors (Lipinski definition) is 11. The molecule has 1 aliphatic rings. The average Bonchev–Trinajstić information content (AvgIpc) is 2.91. The molecule has 2 aromatic carbocycles. The Labute approximate surface area is 236 Å². The van der Waals surface area contributed by atoms with Gasteiger partial charge < -0.3 is 26.0 Å². The van der Waals surface area contributed by atoms with Crippen LogP contribution in [0.25, 0.3) is 0 Å². The molecule has 0 bridgehead atoms. The van der Waals surface area contributed by atoms with E-state index < -0.39 is 48.4 Å². The van der Waals surface area contributed by atoms with Crippen molar-refractivity contribution in [3.05, 3.63) is 78.9 Å². The van der Waals surface area contributed by atoms with Crippen LogP contribution in [0, 0.1) is 21.6 Å². The maximum Gasteiger partial charge on any atom is 0.242 e. The van der Waals surface area contributed by atoms with Crippen LogP contribution >= 0.6 is 0 Å². The van der Waals surface area contributed by atoms with Gasteiger partial charge in [0, 0.05) is 12.0 Å². The Morgan fingerprint density at radius 2 is 1.68 bits per heavy atom. The number of aromatic hydroxyl groups is 1. The molecule has 220 valence electrons. The van der Waals surface area contributed by atoms with E-state index in [9.17, 15) is 34.5 Å². The van der Waals surface area contributed by atoms with E-state index in [0.717, 1.165) is 22.3 Å². The second kappa shape index (κ2) is 13.5. The molecular formula is C28H35N5O8. The molecule has 1 fully saturated rings. The first kappa shape index (κ1) is 31.4. The lowest BCUT2D eigenvalue weighted by atomic mass is 9.86. The maximum absolute atomic E-state index is 12.1. The molecule has 5 atom stereocenters. The molecule has 1 aliphatic heterocycles. The van der Waals surface area contributed by atoms with Crippen molar-refractivity contribution in [1.82, 2.24) is 5.32 Å². The molecule has 0 unspecified atom stereocenters. The lowest BCUT2D eigenvalue weighted by Gasteiger charge is -2.38. The second-order valence-corrected chi connectivity index (χ2v) is 10.8. The number of aliphatic hydroxyl groups is 1. The monoisotopic (exact) mass is 569 g/mol. The Hall–Kier alpha value is -4.10. The van der Waals surface area contributed by atoms with Crippen LogP contribution in [0.1, 0.15) is 60.6 Å². The highest BCUT2D eigenvalue weighted by Gasteiger charge is 2.48. The minimum Gasteiger partial charge on any atom is -0.508 e. The summed E-state index contributed by atoms with van der Waals surface area (Å²) in [7, 11) is 0. The topological polar surface area (TPSA) is 210 Å². The van der Waals surface area contributed by atoms with Gasteiger partial charge in [0.05, 0.1) is 0 Å². The number of carbonyl (C=O) groups excluding carboxylic acids is 2. The van der Waals surface area contributed by atoms with Crippen LogP contribution in [-0.2, 0) is 27.2 Å². The zero-order chi connectivity index (χ0) is 30.3. The number of hydrogen-bond donors (Lipinski definition) is 4. The summed E-state index contributed by atoms with van der Waals surface area (Å²) in [6, 6.07) is 8.11. The highest BCUT2D eigenvalue weighted by Crippen LogP contribution is 2.40. The van der Waals surface area contributed by atoms with E-state index in [2.05, 4.69) is 20.8 Å². The summed E-state index contributed by atoms with van der Waals surface area (Å²) in [6.45, 7) is 4.44. The van der Waals surface area contributed by atoms with Crippen LogP contribution in [0.15, 0.2) is 51.9 Å². The summed E-state index contributed by atoms with van der Waals surface area (Å²) in [6.07, 6.45) is -2.07. The molecular weight excluding hydrogens is 534 g/mol. The molecule has 13 heteroatoms. The van der Waals surface area contributed by atoms with Gasteiger partial charge in [-0.25, -0.2) is 0 Å². The number of nitroso groups, excluding NO2 is 3. The summed E-state index contributed by atoms with van der Waals surface area (Å²) in [5.74, 6) is -1.05. The molecule has 1 heterocycles. The largest absolute Gasteiger partial charge is 0.508 e. The van der Waals surface area contributed by atoms with E-state index in [4.69, 9.17) is 10.5 Å². The molecule has 13 nitrogen and oxygen atoms in total. The number of carbonyl (C=O) groups is 2. The Kier molecular flexibility index (Phi) is 10.4. The van der Waals surface area contributed by atoms with Crippen molar-refractivity contribution in [2.75, 3.05) is 6.54 Å². The number of benzene rings is 2. The fourth-order valence-electron chi connectivity index (χ4n) is 4.82. The predicted octanol–water partition coefficient (Wildman–Crippen LogP) is 2.83. The predicted molar refractivity (Wildman–Crippen MR) is 150 cm³/mol. The third kappa shape index (κ3) is 7.55. The quantitative estimate of drug-likeness (QED) is 0.263. The van der Waals surface area contributed by atoms with Gasteiger partial charge in [-0.2, -0.15) is 14.7 Å². The van der Waals surface area contributed by atoms with Gasteiger partial charge in [0.1, 0.15) is 42.2 Å². The SMILES string of the molecule is Cc1cc(O)c([C@@H]2O[C@H](CN=O)[C@@H](N=O)[C@H](O)[C@H]2N=O)cc1Cc1ccc(CCCC(=O)NC(C)(C)C(N)=O)cc1. The number of aryl methyl sites for hydroxylation is 2. The number of primary amides is 1. The molecule has 3 rings (SSSR count). The van der Waals surface area contributed by atoms with E-state index in [1.54, 1.807) is 19.9 Å². The lowest BCUT2D eigenvalue weighted by Crippen LogP contribution is -2.53. The molecule has 5 N–H and O–H groups in total. The highest BCUT2D eigenvalue weighted by atomic mass is 16.5. The molecule has 0 saturated carbocycles. The minimum absolute atomic E-state index is 0.184. The number of nitrogens with one attached hydrogen (secondary N) is 1. The fraction of sp³-hybridized carbons (Fsp3) is 0.500. The van der Waals surface area contributed by atoms with Crippen molar-refractivity contribution in [2.45, 2.75) is 82.4 Å². The standard InChI is InChI=1S/C28H35N5O8/c1-15-11-20(34)19(26-24(33-40)25(36)23(32-39)21(41-26)14-30-38)13-18(15)12-17-9-7-16(8-10-17)5-4-6-22(35)31-28(2,3)27(29)37/h7-11,13,21,23-26,34,36H,4-6,12,14H2,1-3H3,(H2,29,37)(H,31,35)/t21-,23-,24-,25+,26+/m1/s1. The van der Waals surface area contributed by atoms with Gasteiger partial charge in [-0.3, -0.25) is 9.59 Å². The van der Waals surface area contributed by atoms with Gasteiger partial charge in [0.25, 0.3) is 0 Å². The van der Waals surface area contributed by atoms with Crippen LogP contribution in [0.5, 0.6) is 5.75 Å². The van der Waals surface area contributed by atoms with E-state index in [0.29, 0.717) is 19.3 Å². The van der Waals surface area contributed by atoms with Gasteiger partial charge in [0.15, 0.2) is 6.04 Å². The van der Waals surface area contributed by atoms with Crippen molar-refractivity contribution < 1.29 is 24.5 Å². The highest BCUT2D eigenvalue weighted by molar-refractivity contribution is 5.89. The molecule has 0 radical (unpaired) electrons. The summed E-state index contributed by atoms with van der Waals surface area (Å²) >= 11 is 0. The van der Waals surface area contributed by atoms with Crippen LogP contribution in [-0.4, -0.2) is 58.4 Å². The second-order valence-electron chi connectivity index (χ2n) is 10.8. The van der Waals surface area contributed by atoms with Crippen LogP contribution in [0.2, 0.25) is 0 Å². The molecule has 0 spiro atoms. The third-order valence-electron chi connectivity index (χ3n) is 7.36. The first-order chi connectivity index (χ1) is 19.4. The van der Waals surface area contributed by atoms with Crippen molar-refractivity contribution >= 4 is 11.8 Å². The number of nitrogens with zero attached hydrogens (tertiary/aromatic N) is 3. The first-order valence-corrected chi connectivity index (χ1v) is 13.2. The van der Waals surface area contributed by atoms with Gasteiger partial charge >= 0.3 is 0 Å². The van der Waals surface area contributed by atoms with Crippen LogP contribution in [0.3, 0.4) is 0 Å². The van der Waals surface area contributed by atoms with Crippen molar-refractivity contribution in [2.24, 2.45) is 21.3 Å². The smallest absolute Gasteiger partial charge is 0.242 e. The Bertz CT molecular complexity index is 1280. The summed E-state index contributed by atoms with van der Waals surface area (Å²) < 4.78 is 5.77. The summed E-state index contributed by atoms with van der Waals surface area (Å²) in [5.41, 5.74) is 7.92. The number of rotatable bonds is 13. The molecule has 0 aliphatic carbocycles. The van der Waals surface area contributed by atoms with Gasteiger partial charge in [-0.1, -0.05) is 39.8 Å². The average molecular weight is 570 g/mol. The minimum atomic E-state index is -1.62. The van der Waals surface area contributed by atoms with Crippen molar-refractivity contribution in [3.8, 4) is 5.75 Å². The molecule has 41 heavy (non-hydrogen) atoms. The fourth-order valence-corrected chi connectivity index (χ4v) is 4.82. The number of aliphatic hydroxyl groups excluding tert-OH is 1. The van der Waals surface area contributed by atoms with Crippen LogP contribution < -0.4 is 11.1 Å². The van der Waals surface area contributed by atoms with E-state index >= 15 is 0 Å².